The molecule has 2 rings (SSSR count). The fourth-order valence-corrected chi connectivity index (χ4v) is 5.07. The Hall–Kier alpha value is -0.550. The Morgan fingerprint density at radius 1 is 1.53 bits per heavy atom. The van der Waals surface area contributed by atoms with Gasteiger partial charge in [0.2, 0.25) is 0 Å². The summed E-state index contributed by atoms with van der Waals surface area (Å²) in [5, 5.41) is 5.01. The zero-order chi connectivity index (χ0) is 12.8. The predicted octanol–water partition coefficient (Wildman–Crippen LogP) is 1.94. The average molecular weight is 277 g/mol. The van der Waals surface area contributed by atoms with E-state index >= 15 is 0 Å². The van der Waals surface area contributed by atoms with E-state index in [2.05, 4.69) is 5.10 Å². The van der Waals surface area contributed by atoms with E-state index in [0.29, 0.717) is 11.6 Å². The third kappa shape index (κ3) is 2.10. The minimum absolute atomic E-state index is 0.129. The summed E-state index contributed by atoms with van der Waals surface area (Å²) in [5.74, 6) is 0.351. The zero-order valence-electron chi connectivity index (χ0n) is 10.3. The van der Waals surface area contributed by atoms with Gasteiger partial charge in [-0.15, -0.1) is 0 Å². The van der Waals surface area contributed by atoms with Crippen LogP contribution in [0.5, 0.6) is 0 Å². The van der Waals surface area contributed by atoms with Gasteiger partial charge in [-0.1, -0.05) is 18.5 Å². The summed E-state index contributed by atoms with van der Waals surface area (Å²) in [7, 11) is -2.95. The van der Waals surface area contributed by atoms with Gasteiger partial charge in [0, 0.05) is 5.56 Å². The van der Waals surface area contributed by atoms with E-state index in [-0.39, 0.29) is 11.5 Å². The average Bonchev–Trinajstić information content (AvgIpc) is 2.66. The summed E-state index contributed by atoms with van der Waals surface area (Å²) in [4.78, 5) is 0. The summed E-state index contributed by atoms with van der Waals surface area (Å²) < 4.78 is 24.9. The molecule has 6 heteroatoms. The van der Waals surface area contributed by atoms with Crippen LogP contribution in [0.1, 0.15) is 31.5 Å². The minimum atomic E-state index is -2.95. The number of rotatable bonds is 2. The highest BCUT2D eigenvalue weighted by Crippen LogP contribution is 2.34. The molecule has 1 fully saturated rings. The molecule has 1 aliphatic rings. The molecular formula is C11H17ClN2O2S. The lowest BCUT2D eigenvalue weighted by Crippen LogP contribution is -2.32. The molecule has 1 aromatic heterocycles. The van der Waals surface area contributed by atoms with Gasteiger partial charge < -0.3 is 0 Å². The Morgan fingerprint density at radius 2 is 2.18 bits per heavy atom. The van der Waals surface area contributed by atoms with Gasteiger partial charge in [-0.3, -0.25) is 0 Å². The van der Waals surface area contributed by atoms with E-state index < -0.39 is 15.4 Å². The Morgan fingerprint density at radius 3 is 2.59 bits per heavy atom. The van der Waals surface area contributed by atoms with Crippen LogP contribution in [0.4, 0.5) is 0 Å². The second-order valence-electron chi connectivity index (χ2n) is 4.96. The SMILES string of the molecule is CCc1c(C)nn(C2(C)CCS(=O)(=O)C2)c1Cl. The van der Waals surface area contributed by atoms with Crippen molar-refractivity contribution in [1.29, 1.82) is 0 Å². The predicted molar refractivity (Wildman–Crippen MR) is 68.3 cm³/mol. The smallest absolute Gasteiger partial charge is 0.152 e. The maximum absolute atomic E-state index is 11.6. The molecule has 0 N–H and O–H groups in total. The van der Waals surface area contributed by atoms with E-state index in [9.17, 15) is 8.42 Å². The lowest BCUT2D eigenvalue weighted by molar-refractivity contribution is 0.328. The van der Waals surface area contributed by atoms with E-state index in [1.165, 1.54) is 0 Å². The Bertz CT molecular complexity index is 550. The van der Waals surface area contributed by atoms with Gasteiger partial charge in [0.1, 0.15) is 5.15 Å². The summed E-state index contributed by atoms with van der Waals surface area (Å²) >= 11 is 6.30. The van der Waals surface area contributed by atoms with Crippen LogP contribution in [0.2, 0.25) is 5.15 Å². The van der Waals surface area contributed by atoms with Crippen LogP contribution in [-0.4, -0.2) is 29.7 Å². The quantitative estimate of drug-likeness (QED) is 0.829. The molecule has 0 amide bonds. The Kier molecular flexibility index (Phi) is 3.02. The van der Waals surface area contributed by atoms with Crippen molar-refractivity contribution in [1.82, 2.24) is 9.78 Å². The standard InChI is InChI=1S/C11H17ClN2O2S/c1-4-9-8(2)13-14(10(9)12)11(3)5-6-17(15,16)7-11/h4-7H2,1-3H3. The second-order valence-corrected chi connectivity index (χ2v) is 7.50. The molecule has 1 aliphatic heterocycles. The van der Waals surface area contributed by atoms with Gasteiger partial charge in [0.05, 0.1) is 22.7 Å². The summed E-state index contributed by atoms with van der Waals surface area (Å²) in [6.07, 6.45) is 1.40. The summed E-state index contributed by atoms with van der Waals surface area (Å²) in [5.41, 5.74) is 1.41. The number of aryl methyl sites for hydroxylation is 1. The largest absolute Gasteiger partial charge is 0.247 e. The van der Waals surface area contributed by atoms with Crippen molar-refractivity contribution in [3.63, 3.8) is 0 Å². The third-order valence-corrected chi connectivity index (χ3v) is 5.75. The fraction of sp³-hybridized carbons (Fsp3) is 0.727. The summed E-state index contributed by atoms with van der Waals surface area (Å²) in [6.45, 7) is 5.84. The van der Waals surface area contributed by atoms with E-state index in [1.807, 2.05) is 20.8 Å². The lowest BCUT2D eigenvalue weighted by Gasteiger charge is -2.23. The number of aromatic nitrogens is 2. The first-order valence-electron chi connectivity index (χ1n) is 5.74. The molecule has 0 aliphatic carbocycles. The maximum Gasteiger partial charge on any atom is 0.152 e. The fourth-order valence-electron chi connectivity index (χ4n) is 2.45. The zero-order valence-corrected chi connectivity index (χ0v) is 11.9. The van der Waals surface area contributed by atoms with Gasteiger partial charge in [0.15, 0.2) is 9.84 Å². The highest BCUT2D eigenvalue weighted by atomic mass is 35.5. The lowest BCUT2D eigenvalue weighted by atomic mass is 10.0. The van der Waals surface area contributed by atoms with Crippen LogP contribution in [-0.2, 0) is 21.8 Å². The highest BCUT2D eigenvalue weighted by Gasteiger charge is 2.42. The van der Waals surface area contributed by atoms with Crippen LogP contribution < -0.4 is 0 Å². The Balaban J connectivity index is 2.48. The third-order valence-electron chi connectivity index (χ3n) is 3.47. The van der Waals surface area contributed by atoms with Crippen LogP contribution in [0.15, 0.2) is 0 Å². The van der Waals surface area contributed by atoms with Gasteiger partial charge in [-0.05, 0) is 26.7 Å². The normalized spacial score (nSPS) is 27.5. The van der Waals surface area contributed by atoms with Gasteiger partial charge >= 0.3 is 0 Å². The molecule has 1 atom stereocenters. The molecule has 1 aromatic rings. The molecule has 1 saturated heterocycles. The first-order valence-corrected chi connectivity index (χ1v) is 7.94. The van der Waals surface area contributed by atoms with Crippen molar-refractivity contribution >= 4 is 21.4 Å². The van der Waals surface area contributed by atoms with Crippen LogP contribution in [0.3, 0.4) is 0 Å². The number of nitrogens with zero attached hydrogens (tertiary/aromatic N) is 2. The minimum Gasteiger partial charge on any atom is -0.247 e. The highest BCUT2D eigenvalue weighted by molar-refractivity contribution is 7.91. The van der Waals surface area contributed by atoms with Gasteiger partial charge in [0.25, 0.3) is 0 Å². The number of hydrogen-bond acceptors (Lipinski definition) is 3. The number of sulfone groups is 1. The van der Waals surface area contributed by atoms with Crippen molar-refractivity contribution in [2.24, 2.45) is 0 Å². The van der Waals surface area contributed by atoms with Crippen LogP contribution in [0.25, 0.3) is 0 Å². The molecule has 17 heavy (non-hydrogen) atoms. The molecule has 0 spiro atoms. The van der Waals surface area contributed by atoms with Crippen LogP contribution >= 0.6 is 11.6 Å². The first-order chi connectivity index (χ1) is 7.79. The second kappa shape index (κ2) is 3.99. The van der Waals surface area contributed by atoms with E-state index in [0.717, 1.165) is 17.7 Å². The van der Waals surface area contributed by atoms with Gasteiger partial charge in [-0.2, -0.15) is 5.10 Å². The van der Waals surface area contributed by atoms with E-state index in [1.54, 1.807) is 4.68 Å². The molecule has 0 aromatic carbocycles. The Labute approximate surface area is 107 Å². The number of halogens is 1. The van der Waals surface area contributed by atoms with Crippen molar-refractivity contribution in [3.05, 3.63) is 16.4 Å². The molecule has 1 unspecified atom stereocenters. The molecule has 0 saturated carbocycles. The van der Waals surface area contributed by atoms with E-state index in [4.69, 9.17) is 11.6 Å². The number of hydrogen-bond donors (Lipinski definition) is 0. The molecule has 4 nitrogen and oxygen atoms in total. The monoisotopic (exact) mass is 276 g/mol. The summed E-state index contributed by atoms with van der Waals surface area (Å²) in [6, 6.07) is 0. The van der Waals surface area contributed by atoms with Crippen molar-refractivity contribution in [2.45, 2.75) is 39.2 Å². The van der Waals surface area contributed by atoms with Crippen molar-refractivity contribution < 1.29 is 8.42 Å². The molecule has 96 valence electrons. The van der Waals surface area contributed by atoms with Crippen LogP contribution in [0, 0.1) is 6.92 Å². The maximum atomic E-state index is 11.6. The molecule has 0 bridgehead atoms. The molecule has 0 radical (unpaired) electrons. The van der Waals surface area contributed by atoms with Gasteiger partial charge in [-0.25, -0.2) is 13.1 Å². The molecule has 2 heterocycles. The topological polar surface area (TPSA) is 52.0 Å². The molecular weight excluding hydrogens is 260 g/mol. The van der Waals surface area contributed by atoms with Crippen molar-refractivity contribution in [3.8, 4) is 0 Å². The van der Waals surface area contributed by atoms with Crippen molar-refractivity contribution in [2.75, 3.05) is 11.5 Å². The first kappa shape index (κ1) is 12.9.